The maximum absolute atomic E-state index is 11.8. The third kappa shape index (κ3) is 3.61. The largest absolute Gasteiger partial charge is 0.497 e. The topological polar surface area (TPSA) is 70.9 Å². The average molecular weight is 334 g/mol. The fourth-order valence-corrected chi connectivity index (χ4v) is 2.44. The third-order valence-corrected chi connectivity index (χ3v) is 3.92. The van der Waals surface area contributed by atoms with Crippen molar-refractivity contribution in [1.29, 1.82) is 0 Å². The van der Waals surface area contributed by atoms with Crippen molar-refractivity contribution in [3.05, 3.63) is 78.0 Å². The second kappa shape index (κ2) is 7.05. The van der Waals surface area contributed by atoms with E-state index in [0.717, 1.165) is 22.4 Å². The second-order valence-electron chi connectivity index (χ2n) is 5.55. The zero-order chi connectivity index (χ0) is 17.7. The van der Waals surface area contributed by atoms with Gasteiger partial charge in [0.1, 0.15) is 5.75 Å². The van der Waals surface area contributed by atoms with Gasteiger partial charge >= 0.3 is 5.97 Å². The van der Waals surface area contributed by atoms with Gasteiger partial charge in [-0.1, -0.05) is 48.5 Å². The molecule has 2 N–H and O–H groups in total. The number of rotatable bonds is 5. The van der Waals surface area contributed by atoms with Gasteiger partial charge in [-0.3, -0.25) is 0 Å². The predicted molar refractivity (Wildman–Crippen MR) is 98.4 cm³/mol. The van der Waals surface area contributed by atoms with Crippen molar-refractivity contribution in [2.45, 2.75) is 5.66 Å². The molecule has 5 nitrogen and oxygen atoms in total. The molecule has 1 unspecified atom stereocenters. The van der Waals surface area contributed by atoms with E-state index in [9.17, 15) is 9.90 Å². The molecule has 1 heterocycles. The number of hydrogen-bond acceptors (Lipinski definition) is 4. The SMILES string of the molecule is COc1ccc(C2=CNC(C=Cc3ccccc3)(C(=O)O)N=C2)cc1. The number of methoxy groups -OCH3 is 1. The molecule has 0 bridgehead atoms. The van der Waals surface area contributed by atoms with Gasteiger partial charge in [-0.05, 0) is 29.3 Å². The molecule has 5 heteroatoms. The van der Waals surface area contributed by atoms with Crippen LogP contribution >= 0.6 is 0 Å². The van der Waals surface area contributed by atoms with E-state index in [4.69, 9.17) is 4.74 Å². The molecule has 3 rings (SSSR count). The molecule has 0 aromatic heterocycles. The quantitative estimate of drug-likeness (QED) is 0.881. The van der Waals surface area contributed by atoms with Gasteiger partial charge in [0.15, 0.2) is 0 Å². The van der Waals surface area contributed by atoms with Gasteiger partial charge in [-0.15, -0.1) is 0 Å². The zero-order valence-electron chi connectivity index (χ0n) is 13.7. The van der Waals surface area contributed by atoms with E-state index >= 15 is 0 Å². The van der Waals surface area contributed by atoms with Crippen LogP contribution in [0.4, 0.5) is 0 Å². The number of carboxylic acids is 1. The van der Waals surface area contributed by atoms with E-state index in [0.29, 0.717) is 0 Å². The molecule has 0 radical (unpaired) electrons. The van der Waals surface area contributed by atoms with Gasteiger partial charge in [-0.25, -0.2) is 9.79 Å². The summed E-state index contributed by atoms with van der Waals surface area (Å²) < 4.78 is 5.14. The first-order valence-electron chi connectivity index (χ1n) is 7.78. The monoisotopic (exact) mass is 334 g/mol. The summed E-state index contributed by atoms with van der Waals surface area (Å²) in [6.07, 6.45) is 6.52. The van der Waals surface area contributed by atoms with Crippen molar-refractivity contribution in [1.82, 2.24) is 5.32 Å². The fraction of sp³-hybridized carbons (Fsp3) is 0.100. The summed E-state index contributed by atoms with van der Waals surface area (Å²) in [6.45, 7) is 0. The first-order valence-corrected chi connectivity index (χ1v) is 7.78. The molecule has 0 fully saturated rings. The molecule has 1 atom stereocenters. The molecule has 1 aliphatic heterocycles. The van der Waals surface area contributed by atoms with Crippen molar-refractivity contribution in [2.24, 2.45) is 4.99 Å². The van der Waals surface area contributed by atoms with E-state index < -0.39 is 11.6 Å². The number of allylic oxidation sites excluding steroid dienone is 1. The zero-order valence-corrected chi connectivity index (χ0v) is 13.7. The summed E-state index contributed by atoms with van der Waals surface area (Å²) in [4.78, 5) is 16.0. The van der Waals surface area contributed by atoms with Crippen molar-refractivity contribution in [3.8, 4) is 5.75 Å². The Morgan fingerprint density at radius 1 is 1.16 bits per heavy atom. The fourth-order valence-electron chi connectivity index (χ4n) is 2.44. The van der Waals surface area contributed by atoms with Crippen LogP contribution in [-0.4, -0.2) is 30.1 Å². The van der Waals surface area contributed by atoms with Crippen LogP contribution in [0.2, 0.25) is 0 Å². The van der Waals surface area contributed by atoms with Crippen LogP contribution in [0, 0.1) is 0 Å². The van der Waals surface area contributed by atoms with Crippen LogP contribution in [0.3, 0.4) is 0 Å². The number of carboxylic acid groups (broad SMARTS) is 1. The number of aliphatic imine (C=N–C) groups is 1. The van der Waals surface area contributed by atoms with Crippen molar-refractivity contribution in [3.63, 3.8) is 0 Å². The minimum atomic E-state index is -1.51. The maximum Gasteiger partial charge on any atom is 0.356 e. The Kier molecular flexibility index (Phi) is 4.66. The third-order valence-electron chi connectivity index (χ3n) is 3.92. The van der Waals surface area contributed by atoms with Gasteiger partial charge in [0.05, 0.1) is 7.11 Å². The number of ether oxygens (including phenoxy) is 1. The Morgan fingerprint density at radius 3 is 2.44 bits per heavy atom. The number of carbonyl (C=O) groups is 1. The Labute approximate surface area is 146 Å². The summed E-state index contributed by atoms with van der Waals surface area (Å²) in [5.74, 6) is -0.309. The highest BCUT2D eigenvalue weighted by atomic mass is 16.5. The van der Waals surface area contributed by atoms with E-state index in [2.05, 4.69) is 10.3 Å². The highest BCUT2D eigenvalue weighted by molar-refractivity contribution is 6.11. The van der Waals surface area contributed by atoms with Gasteiger partial charge in [0.25, 0.3) is 0 Å². The summed E-state index contributed by atoms with van der Waals surface area (Å²) in [5, 5.41) is 12.5. The normalized spacial score (nSPS) is 19.3. The lowest BCUT2D eigenvalue weighted by atomic mass is 10.0. The lowest BCUT2D eigenvalue weighted by Gasteiger charge is -2.26. The minimum Gasteiger partial charge on any atom is -0.497 e. The lowest BCUT2D eigenvalue weighted by Crippen LogP contribution is -2.48. The first-order chi connectivity index (χ1) is 12.1. The van der Waals surface area contributed by atoms with Crippen LogP contribution in [0.25, 0.3) is 11.6 Å². The van der Waals surface area contributed by atoms with Gasteiger partial charge < -0.3 is 15.2 Å². The Bertz CT molecular complexity index is 839. The van der Waals surface area contributed by atoms with Crippen LogP contribution in [0.15, 0.2) is 71.9 Å². The summed E-state index contributed by atoms with van der Waals surface area (Å²) in [5.41, 5.74) is 1.12. The van der Waals surface area contributed by atoms with E-state index in [1.54, 1.807) is 31.7 Å². The smallest absolute Gasteiger partial charge is 0.356 e. The Balaban J connectivity index is 1.82. The maximum atomic E-state index is 11.8. The average Bonchev–Trinajstić information content (AvgIpc) is 2.67. The van der Waals surface area contributed by atoms with Gasteiger partial charge in [0.2, 0.25) is 5.66 Å². The van der Waals surface area contributed by atoms with Gasteiger partial charge in [-0.2, -0.15) is 0 Å². The van der Waals surface area contributed by atoms with Crippen LogP contribution < -0.4 is 10.1 Å². The standard InChI is InChI=1S/C20H18N2O3/c1-25-18-9-7-16(8-10-18)17-13-21-20(19(23)24,22-14-17)12-11-15-5-3-2-4-6-15/h2-14,21H,1H3,(H,23,24). The Hall–Kier alpha value is -3.34. The molecular formula is C20H18N2O3. The predicted octanol–water partition coefficient (Wildman–Crippen LogP) is 3.20. The van der Waals surface area contributed by atoms with Crippen LogP contribution in [-0.2, 0) is 4.79 Å². The van der Waals surface area contributed by atoms with Crippen LogP contribution in [0.5, 0.6) is 5.75 Å². The molecule has 0 aliphatic carbocycles. The molecular weight excluding hydrogens is 316 g/mol. The molecule has 0 saturated carbocycles. The number of benzene rings is 2. The summed E-state index contributed by atoms with van der Waals surface area (Å²) in [7, 11) is 1.61. The molecule has 0 saturated heterocycles. The number of nitrogens with zero attached hydrogens (tertiary/aromatic N) is 1. The number of aliphatic carboxylic acids is 1. The second-order valence-corrected chi connectivity index (χ2v) is 5.55. The molecule has 126 valence electrons. The molecule has 1 aliphatic rings. The molecule has 2 aromatic carbocycles. The number of nitrogens with one attached hydrogen (secondary N) is 1. The number of hydrogen-bond donors (Lipinski definition) is 2. The van der Waals surface area contributed by atoms with E-state index in [1.807, 2.05) is 54.6 Å². The van der Waals surface area contributed by atoms with Gasteiger partial charge in [0, 0.05) is 18.0 Å². The summed E-state index contributed by atoms with van der Waals surface area (Å²) in [6, 6.07) is 17.0. The van der Waals surface area contributed by atoms with Crippen molar-refractivity contribution >= 4 is 23.8 Å². The minimum absolute atomic E-state index is 0.760. The molecule has 0 amide bonds. The molecule has 25 heavy (non-hydrogen) atoms. The van der Waals surface area contributed by atoms with Crippen LogP contribution in [0.1, 0.15) is 11.1 Å². The summed E-state index contributed by atoms with van der Waals surface area (Å²) >= 11 is 0. The van der Waals surface area contributed by atoms with Crippen molar-refractivity contribution in [2.75, 3.05) is 7.11 Å². The lowest BCUT2D eigenvalue weighted by molar-refractivity contribution is -0.142. The van der Waals surface area contributed by atoms with Crippen molar-refractivity contribution < 1.29 is 14.6 Å². The van der Waals surface area contributed by atoms with E-state index in [-0.39, 0.29) is 0 Å². The Morgan fingerprint density at radius 2 is 1.88 bits per heavy atom. The highest BCUT2D eigenvalue weighted by Crippen LogP contribution is 2.23. The molecule has 2 aromatic rings. The molecule has 0 spiro atoms. The van der Waals surface area contributed by atoms with E-state index in [1.165, 1.54) is 0 Å². The first kappa shape index (κ1) is 16.5. The highest BCUT2D eigenvalue weighted by Gasteiger charge is 2.35.